The number of amides is 2. The Morgan fingerprint density at radius 2 is 1.90 bits per heavy atom. The van der Waals surface area contributed by atoms with Gasteiger partial charge in [0.05, 0.1) is 40.5 Å². The van der Waals surface area contributed by atoms with Crippen LogP contribution in [0.1, 0.15) is 58.7 Å². The molecule has 1 N–H and O–H groups in total. The number of alkyl halides is 2. The van der Waals surface area contributed by atoms with Crippen LogP contribution in [0.5, 0.6) is 0 Å². The first-order chi connectivity index (χ1) is 20.0. The summed E-state index contributed by atoms with van der Waals surface area (Å²) in [4.78, 5) is 35.8. The lowest BCUT2D eigenvalue weighted by Gasteiger charge is -2.21. The molecule has 2 fully saturated rings. The Kier molecular flexibility index (Phi) is 7.00. The number of nitrogens with zero attached hydrogens (tertiary/aromatic N) is 5. The maximum absolute atomic E-state index is 14.8. The SMILES string of the molecule is Cc1cc(N2C[C@H]3C[C@H]3C2=O)ccc1C(C)n1cc(NC(=O)c2nc(-c3c(C(F)F)ccc(Cl)c3F)cnc2C)cn1. The van der Waals surface area contributed by atoms with Crippen LogP contribution in [-0.2, 0) is 4.79 Å². The number of aromatic nitrogens is 4. The van der Waals surface area contributed by atoms with Gasteiger partial charge in [-0.2, -0.15) is 5.10 Å². The standard InChI is InChI=1S/C30H26ClF3N6O2/c1-14-8-19(39-12-17-9-22(17)30(39)42)4-5-20(14)16(3)40-13-18(10-36-40)37-29(41)27-15(2)35-11-24(38-27)25-21(28(33)34)6-7-23(31)26(25)32/h4-8,10-11,13,16-17,22,28H,9,12H2,1-3H3,(H,37,41)/t16?,17-,22-/m1/s1. The first-order valence-electron chi connectivity index (χ1n) is 13.4. The van der Waals surface area contributed by atoms with Crippen molar-refractivity contribution < 1.29 is 22.8 Å². The number of rotatable bonds is 7. The third kappa shape index (κ3) is 4.91. The van der Waals surface area contributed by atoms with Gasteiger partial charge in [0.2, 0.25) is 5.91 Å². The van der Waals surface area contributed by atoms with Gasteiger partial charge in [-0.3, -0.25) is 19.3 Å². The number of fused-ring (bicyclic) bond motifs is 1. The van der Waals surface area contributed by atoms with Crippen LogP contribution in [0, 0.1) is 31.5 Å². The predicted molar refractivity (Wildman–Crippen MR) is 151 cm³/mol. The second-order valence-corrected chi connectivity index (χ2v) is 11.2. The summed E-state index contributed by atoms with van der Waals surface area (Å²) in [5.41, 5.74) is 1.99. The Bertz CT molecular complexity index is 1740. The molecule has 8 nitrogen and oxygen atoms in total. The molecule has 2 aliphatic rings. The molecule has 6 rings (SSSR count). The molecule has 2 aromatic heterocycles. The number of carbonyl (C=O) groups excluding carboxylic acids is 2. The number of carbonyl (C=O) groups is 2. The summed E-state index contributed by atoms with van der Waals surface area (Å²) in [6.07, 6.45) is 2.27. The summed E-state index contributed by atoms with van der Waals surface area (Å²) in [5, 5.41) is 6.75. The summed E-state index contributed by atoms with van der Waals surface area (Å²) >= 11 is 5.84. The van der Waals surface area contributed by atoms with Crippen LogP contribution in [0.2, 0.25) is 5.02 Å². The fourth-order valence-corrected chi connectivity index (χ4v) is 5.70. The van der Waals surface area contributed by atoms with Gasteiger partial charge in [0, 0.05) is 35.5 Å². The van der Waals surface area contributed by atoms with Gasteiger partial charge in [0.25, 0.3) is 12.3 Å². The zero-order chi connectivity index (χ0) is 29.9. The van der Waals surface area contributed by atoms with E-state index in [1.165, 1.54) is 13.1 Å². The highest BCUT2D eigenvalue weighted by Gasteiger charge is 2.52. The van der Waals surface area contributed by atoms with Crippen molar-refractivity contribution in [3.05, 3.63) is 87.8 Å². The van der Waals surface area contributed by atoms with E-state index in [1.807, 2.05) is 36.9 Å². The van der Waals surface area contributed by atoms with Crippen LogP contribution in [0.25, 0.3) is 11.3 Å². The van der Waals surface area contributed by atoms with Crippen molar-refractivity contribution in [1.82, 2.24) is 19.7 Å². The molecule has 42 heavy (non-hydrogen) atoms. The highest BCUT2D eigenvalue weighted by atomic mass is 35.5. The van der Waals surface area contributed by atoms with Gasteiger partial charge >= 0.3 is 0 Å². The summed E-state index contributed by atoms with van der Waals surface area (Å²) in [6.45, 7) is 6.26. The van der Waals surface area contributed by atoms with E-state index >= 15 is 0 Å². The molecule has 1 unspecified atom stereocenters. The van der Waals surface area contributed by atoms with E-state index in [-0.39, 0.29) is 40.0 Å². The van der Waals surface area contributed by atoms with Crippen LogP contribution in [0.15, 0.2) is 48.9 Å². The van der Waals surface area contributed by atoms with Crippen LogP contribution in [0.4, 0.5) is 24.5 Å². The second kappa shape index (κ2) is 10.5. The van der Waals surface area contributed by atoms with E-state index in [1.54, 1.807) is 10.9 Å². The molecule has 1 saturated carbocycles. The minimum atomic E-state index is -2.99. The average molecular weight is 595 g/mol. The Balaban J connectivity index is 1.21. The lowest BCUT2D eigenvalue weighted by molar-refractivity contribution is -0.118. The molecule has 1 aliphatic heterocycles. The van der Waals surface area contributed by atoms with Crippen molar-refractivity contribution >= 4 is 34.8 Å². The molecule has 3 atom stereocenters. The van der Waals surface area contributed by atoms with Gasteiger partial charge in [0.1, 0.15) is 5.69 Å². The number of hydrogen-bond acceptors (Lipinski definition) is 5. The van der Waals surface area contributed by atoms with Crippen molar-refractivity contribution in [2.24, 2.45) is 11.8 Å². The van der Waals surface area contributed by atoms with Crippen LogP contribution < -0.4 is 10.2 Å². The number of aryl methyl sites for hydroxylation is 2. The van der Waals surface area contributed by atoms with Gasteiger partial charge in [-0.15, -0.1) is 0 Å². The van der Waals surface area contributed by atoms with Crippen LogP contribution >= 0.6 is 11.6 Å². The first kappa shape index (κ1) is 27.9. The molecule has 216 valence electrons. The number of hydrogen-bond donors (Lipinski definition) is 1. The van der Waals surface area contributed by atoms with Crippen molar-refractivity contribution in [2.75, 3.05) is 16.8 Å². The molecular formula is C30H26ClF3N6O2. The zero-order valence-corrected chi connectivity index (χ0v) is 23.7. The third-order valence-electron chi connectivity index (χ3n) is 7.98. The molecule has 0 radical (unpaired) electrons. The van der Waals surface area contributed by atoms with Crippen LogP contribution in [-0.4, -0.2) is 38.1 Å². The molecular weight excluding hydrogens is 569 g/mol. The summed E-state index contributed by atoms with van der Waals surface area (Å²) in [7, 11) is 0. The van der Waals surface area contributed by atoms with E-state index in [2.05, 4.69) is 20.4 Å². The minimum absolute atomic E-state index is 0.159. The Morgan fingerprint density at radius 3 is 2.60 bits per heavy atom. The van der Waals surface area contributed by atoms with E-state index in [9.17, 15) is 22.8 Å². The molecule has 4 aromatic rings. The summed E-state index contributed by atoms with van der Waals surface area (Å²) in [5.74, 6) is -0.859. The molecule has 1 saturated heterocycles. The number of nitrogens with one attached hydrogen (secondary N) is 1. The average Bonchev–Trinajstić information content (AvgIpc) is 3.45. The summed E-state index contributed by atoms with van der Waals surface area (Å²) in [6, 6.07) is 7.82. The molecule has 0 bridgehead atoms. The number of benzene rings is 2. The predicted octanol–water partition coefficient (Wildman–Crippen LogP) is 6.53. The first-order valence-corrected chi connectivity index (χ1v) is 13.8. The molecule has 2 aromatic carbocycles. The van der Waals surface area contributed by atoms with Gasteiger partial charge in [-0.25, -0.2) is 18.2 Å². The fourth-order valence-electron chi connectivity index (χ4n) is 5.55. The smallest absolute Gasteiger partial charge is 0.276 e. The Labute approximate surface area is 244 Å². The second-order valence-electron chi connectivity index (χ2n) is 10.7. The van der Waals surface area contributed by atoms with E-state index in [0.717, 1.165) is 48.1 Å². The van der Waals surface area contributed by atoms with E-state index in [0.29, 0.717) is 11.6 Å². The maximum Gasteiger partial charge on any atom is 0.276 e. The molecule has 12 heteroatoms. The maximum atomic E-state index is 14.8. The van der Waals surface area contributed by atoms with Crippen molar-refractivity contribution in [3.8, 4) is 11.3 Å². The molecule has 0 spiro atoms. The zero-order valence-electron chi connectivity index (χ0n) is 22.9. The quantitative estimate of drug-likeness (QED) is 0.263. The number of piperidine rings is 1. The van der Waals surface area contributed by atoms with E-state index < -0.39 is 29.3 Å². The molecule has 1 aliphatic carbocycles. The highest BCUT2D eigenvalue weighted by molar-refractivity contribution is 6.31. The van der Waals surface area contributed by atoms with Crippen molar-refractivity contribution in [1.29, 1.82) is 0 Å². The van der Waals surface area contributed by atoms with Gasteiger partial charge in [-0.05, 0) is 62.4 Å². The largest absolute Gasteiger partial charge is 0.318 e. The number of halogens is 4. The van der Waals surface area contributed by atoms with Gasteiger partial charge in [-0.1, -0.05) is 23.7 Å². The van der Waals surface area contributed by atoms with Gasteiger partial charge in [0.15, 0.2) is 5.82 Å². The Hall–Kier alpha value is -4.25. The monoisotopic (exact) mass is 594 g/mol. The summed E-state index contributed by atoms with van der Waals surface area (Å²) < 4.78 is 43.8. The fraction of sp³-hybridized carbons (Fsp3) is 0.300. The van der Waals surface area contributed by atoms with E-state index in [4.69, 9.17) is 11.6 Å². The molecule has 3 heterocycles. The molecule has 2 amide bonds. The number of anilines is 2. The normalized spacial score (nSPS) is 18.4. The minimum Gasteiger partial charge on any atom is -0.318 e. The Morgan fingerprint density at radius 1 is 1.14 bits per heavy atom. The van der Waals surface area contributed by atoms with Gasteiger partial charge < -0.3 is 10.2 Å². The topological polar surface area (TPSA) is 93.0 Å². The van der Waals surface area contributed by atoms with Crippen LogP contribution in [0.3, 0.4) is 0 Å². The lowest BCUT2D eigenvalue weighted by atomic mass is 10.0. The van der Waals surface area contributed by atoms with Crippen molar-refractivity contribution in [2.45, 2.75) is 39.7 Å². The lowest BCUT2D eigenvalue weighted by Crippen LogP contribution is -2.28. The van der Waals surface area contributed by atoms with Crippen molar-refractivity contribution in [3.63, 3.8) is 0 Å². The highest BCUT2D eigenvalue weighted by Crippen LogP contribution is 2.47. The third-order valence-corrected chi connectivity index (χ3v) is 8.27.